The Balaban J connectivity index is 1.82. The van der Waals surface area contributed by atoms with Gasteiger partial charge in [-0.25, -0.2) is 4.98 Å². The number of guanidine groups is 1. The topological polar surface area (TPSA) is 52.6 Å². The number of hydrogen-bond acceptors (Lipinski definition) is 4. The number of aliphatic imine (C=N–C) groups is 1. The predicted octanol–water partition coefficient (Wildman–Crippen LogP) is 1.47. The fourth-order valence-corrected chi connectivity index (χ4v) is 3.14. The number of nitrogens with one attached hydrogen (secondary N) is 2. The summed E-state index contributed by atoms with van der Waals surface area (Å²) < 4.78 is 0. The largest absolute Gasteiger partial charge is 0.357 e. The Labute approximate surface area is 130 Å². The molecule has 2 rings (SSSR count). The molecular formula is C15H23N5S. The highest BCUT2D eigenvalue weighted by molar-refractivity contribution is 7.13. The summed E-state index contributed by atoms with van der Waals surface area (Å²) in [5, 5.41) is 9.55. The Morgan fingerprint density at radius 2 is 2.29 bits per heavy atom. The van der Waals surface area contributed by atoms with E-state index in [4.69, 9.17) is 11.4 Å². The summed E-state index contributed by atoms with van der Waals surface area (Å²) in [6, 6.07) is 0. The van der Waals surface area contributed by atoms with Crippen molar-refractivity contribution in [3.05, 3.63) is 11.1 Å². The van der Waals surface area contributed by atoms with E-state index in [0.29, 0.717) is 13.1 Å². The normalized spacial score (nSPS) is 15.0. The second kappa shape index (κ2) is 8.53. The smallest absolute Gasteiger partial charge is 0.192 e. The van der Waals surface area contributed by atoms with E-state index >= 15 is 0 Å². The standard InChI is InChI=1S/C15H23N5S/c1-3-8-17-14(16-4-2)18-9-7-13-12-21-15(19-13)20-10-5-6-11-20/h1,12H,4-11H2,2H3,(H2,16,17,18). The van der Waals surface area contributed by atoms with Gasteiger partial charge in [0.05, 0.1) is 12.2 Å². The second-order valence-corrected chi connectivity index (χ2v) is 5.72. The molecule has 1 aromatic heterocycles. The van der Waals surface area contributed by atoms with Crippen molar-refractivity contribution < 1.29 is 0 Å². The molecule has 1 saturated heterocycles. The van der Waals surface area contributed by atoms with Crippen molar-refractivity contribution in [1.82, 2.24) is 15.6 Å². The highest BCUT2D eigenvalue weighted by Gasteiger charge is 2.15. The molecule has 0 saturated carbocycles. The Kier molecular flexibility index (Phi) is 6.35. The van der Waals surface area contributed by atoms with Crippen molar-refractivity contribution in [3.8, 4) is 12.3 Å². The van der Waals surface area contributed by atoms with Gasteiger partial charge < -0.3 is 15.5 Å². The van der Waals surface area contributed by atoms with Crippen molar-refractivity contribution in [2.24, 2.45) is 4.99 Å². The lowest BCUT2D eigenvalue weighted by Crippen LogP contribution is -2.37. The number of anilines is 1. The summed E-state index contributed by atoms with van der Waals surface area (Å²) in [6.45, 7) is 6.35. The number of thiazole rings is 1. The van der Waals surface area contributed by atoms with Crippen LogP contribution < -0.4 is 15.5 Å². The fourth-order valence-electron chi connectivity index (χ4n) is 2.22. The molecule has 2 N–H and O–H groups in total. The molecule has 0 spiro atoms. The van der Waals surface area contributed by atoms with Crippen LogP contribution >= 0.6 is 11.3 Å². The minimum atomic E-state index is 0.488. The van der Waals surface area contributed by atoms with Crippen LogP contribution in [-0.2, 0) is 6.42 Å². The highest BCUT2D eigenvalue weighted by Crippen LogP contribution is 2.24. The first-order valence-electron chi connectivity index (χ1n) is 7.48. The molecule has 114 valence electrons. The van der Waals surface area contributed by atoms with Gasteiger partial charge in [0.2, 0.25) is 0 Å². The quantitative estimate of drug-likeness (QED) is 0.475. The zero-order chi connectivity index (χ0) is 14.9. The van der Waals surface area contributed by atoms with Crippen LogP contribution in [-0.4, -0.2) is 43.7 Å². The molecule has 21 heavy (non-hydrogen) atoms. The van der Waals surface area contributed by atoms with Gasteiger partial charge in [-0.2, -0.15) is 0 Å². The monoisotopic (exact) mass is 305 g/mol. The van der Waals surface area contributed by atoms with Crippen LogP contribution in [0.25, 0.3) is 0 Å². The molecule has 0 amide bonds. The summed E-state index contributed by atoms with van der Waals surface area (Å²) in [6.07, 6.45) is 8.67. The molecule has 5 nitrogen and oxygen atoms in total. The maximum Gasteiger partial charge on any atom is 0.192 e. The van der Waals surface area contributed by atoms with E-state index < -0.39 is 0 Å². The summed E-state index contributed by atoms with van der Waals surface area (Å²) >= 11 is 1.74. The molecule has 1 aromatic rings. The van der Waals surface area contributed by atoms with Crippen molar-refractivity contribution >= 4 is 22.4 Å². The first-order chi connectivity index (χ1) is 10.3. The number of rotatable bonds is 6. The van der Waals surface area contributed by atoms with E-state index in [1.165, 1.54) is 12.8 Å². The van der Waals surface area contributed by atoms with E-state index in [2.05, 4.69) is 31.8 Å². The molecule has 1 fully saturated rings. The lowest BCUT2D eigenvalue weighted by molar-refractivity contribution is 0.847. The van der Waals surface area contributed by atoms with Gasteiger partial charge in [-0.3, -0.25) is 4.99 Å². The van der Waals surface area contributed by atoms with Gasteiger partial charge >= 0.3 is 0 Å². The predicted molar refractivity (Wildman–Crippen MR) is 90.1 cm³/mol. The lowest BCUT2D eigenvalue weighted by atomic mass is 10.3. The van der Waals surface area contributed by atoms with Gasteiger partial charge in [-0.1, -0.05) is 5.92 Å². The average Bonchev–Trinajstić information content (AvgIpc) is 3.15. The van der Waals surface area contributed by atoms with Crippen LogP contribution in [0.1, 0.15) is 25.5 Å². The summed E-state index contributed by atoms with van der Waals surface area (Å²) in [5.41, 5.74) is 1.12. The Morgan fingerprint density at radius 3 is 3.00 bits per heavy atom. The number of hydrogen-bond donors (Lipinski definition) is 2. The molecule has 0 unspecified atom stereocenters. The van der Waals surface area contributed by atoms with Gasteiger partial charge in [0, 0.05) is 38.0 Å². The molecule has 2 heterocycles. The van der Waals surface area contributed by atoms with Gasteiger partial charge in [-0.05, 0) is 19.8 Å². The molecule has 0 radical (unpaired) electrons. The second-order valence-electron chi connectivity index (χ2n) is 4.88. The zero-order valence-electron chi connectivity index (χ0n) is 12.6. The van der Waals surface area contributed by atoms with Gasteiger partial charge in [0.25, 0.3) is 0 Å². The van der Waals surface area contributed by atoms with Crippen molar-refractivity contribution in [2.75, 3.05) is 37.6 Å². The van der Waals surface area contributed by atoms with Crippen LogP contribution in [0, 0.1) is 12.3 Å². The van der Waals surface area contributed by atoms with Gasteiger partial charge in [0.15, 0.2) is 11.1 Å². The molecule has 0 aromatic carbocycles. The maximum absolute atomic E-state index is 5.25. The molecule has 6 heteroatoms. The SMILES string of the molecule is C#CCNC(=NCCc1csc(N2CCCC2)n1)NCC. The third-order valence-corrected chi connectivity index (χ3v) is 4.21. The van der Waals surface area contributed by atoms with Crippen molar-refractivity contribution in [3.63, 3.8) is 0 Å². The van der Waals surface area contributed by atoms with Crippen molar-refractivity contribution in [1.29, 1.82) is 0 Å². The Morgan fingerprint density at radius 1 is 1.48 bits per heavy atom. The molecule has 0 atom stereocenters. The van der Waals surface area contributed by atoms with E-state index in [1.54, 1.807) is 11.3 Å². The zero-order valence-corrected chi connectivity index (χ0v) is 13.4. The summed E-state index contributed by atoms with van der Waals surface area (Å²) in [4.78, 5) is 11.6. The first kappa shape index (κ1) is 15.6. The van der Waals surface area contributed by atoms with E-state index in [0.717, 1.165) is 42.8 Å². The molecule has 0 bridgehead atoms. The molecule has 0 aliphatic carbocycles. The minimum absolute atomic E-state index is 0.488. The van der Waals surface area contributed by atoms with Gasteiger partial charge in [0.1, 0.15) is 0 Å². The van der Waals surface area contributed by atoms with E-state index in [9.17, 15) is 0 Å². The Hall–Kier alpha value is -1.74. The van der Waals surface area contributed by atoms with E-state index in [-0.39, 0.29) is 0 Å². The van der Waals surface area contributed by atoms with Crippen LogP contribution in [0.3, 0.4) is 0 Å². The fraction of sp³-hybridized carbons (Fsp3) is 0.600. The summed E-state index contributed by atoms with van der Waals surface area (Å²) in [5.74, 6) is 3.32. The van der Waals surface area contributed by atoms with Crippen LogP contribution in [0.4, 0.5) is 5.13 Å². The van der Waals surface area contributed by atoms with Crippen LogP contribution in [0.15, 0.2) is 10.4 Å². The van der Waals surface area contributed by atoms with Crippen molar-refractivity contribution in [2.45, 2.75) is 26.2 Å². The molecule has 1 aliphatic heterocycles. The van der Waals surface area contributed by atoms with Crippen LogP contribution in [0.5, 0.6) is 0 Å². The summed E-state index contributed by atoms with van der Waals surface area (Å²) in [7, 11) is 0. The third kappa shape index (κ3) is 4.94. The number of nitrogens with zero attached hydrogens (tertiary/aromatic N) is 3. The lowest BCUT2D eigenvalue weighted by Gasteiger charge is -2.12. The average molecular weight is 305 g/mol. The Bertz CT molecular complexity index is 496. The highest BCUT2D eigenvalue weighted by atomic mass is 32.1. The first-order valence-corrected chi connectivity index (χ1v) is 8.36. The minimum Gasteiger partial charge on any atom is -0.357 e. The maximum atomic E-state index is 5.25. The molecular weight excluding hydrogens is 282 g/mol. The van der Waals surface area contributed by atoms with Gasteiger partial charge in [-0.15, -0.1) is 17.8 Å². The van der Waals surface area contributed by atoms with Crippen LogP contribution in [0.2, 0.25) is 0 Å². The number of terminal acetylenes is 1. The third-order valence-electron chi connectivity index (χ3n) is 3.26. The van der Waals surface area contributed by atoms with E-state index in [1.807, 2.05) is 6.92 Å². The number of aromatic nitrogens is 1. The molecule has 1 aliphatic rings.